The van der Waals surface area contributed by atoms with Crippen LogP contribution < -0.4 is 0 Å². The van der Waals surface area contributed by atoms with Crippen molar-refractivity contribution in [1.82, 2.24) is 4.90 Å². The maximum absolute atomic E-state index is 9.55. The van der Waals surface area contributed by atoms with Gasteiger partial charge >= 0.3 is 0 Å². The van der Waals surface area contributed by atoms with Crippen molar-refractivity contribution >= 4 is 11.6 Å². The number of nitriles is 1. The van der Waals surface area contributed by atoms with Crippen LogP contribution in [0.15, 0.2) is 24.3 Å². The fourth-order valence-electron chi connectivity index (χ4n) is 2.87. The van der Waals surface area contributed by atoms with Gasteiger partial charge in [0, 0.05) is 23.1 Å². The van der Waals surface area contributed by atoms with E-state index in [1.54, 1.807) is 0 Å². The number of hydrogen-bond acceptors (Lipinski definition) is 2. The largest absolute Gasteiger partial charge is 0.294 e. The second kappa shape index (κ2) is 6.93. The average Bonchev–Trinajstić information content (AvgIpc) is 2.31. The summed E-state index contributed by atoms with van der Waals surface area (Å²) in [6, 6.07) is 11.0. The molecule has 1 aromatic carbocycles. The zero-order valence-electron chi connectivity index (χ0n) is 12.4. The van der Waals surface area contributed by atoms with Crippen LogP contribution in [-0.4, -0.2) is 23.0 Å². The summed E-state index contributed by atoms with van der Waals surface area (Å²) in [5.41, 5.74) is 0.922. The minimum Gasteiger partial charge on any atom is -0.294 e. The first-order valence-corrected chi connectivity index (χ1v) is 7.19. The zero-order chi connectivity index (χ0) is 14.6. The minimum absolute atomic E-state index is 0.130. The highest BCUT2D eigenvalue weighted by atomic mass is 35.5. The summed E-state index contributed by atoms with van der Waals surface area (Å²) in [5.74, 6) is -0.210. The van der Waals surface area contributed by atoms with Gasteiger partial charge < -0.3 is 0 Å². The number of nitrogens with zero attached hydrogens (tertiary/aromatic N) is 2. The molecule has 1 aromatic rings. The molecule has 2 unspecified atom stereocenters. The van der Waals surface area contributed by atoms with Gasteiger partial charge in [-0.15, -0.1) is 0 Å². The van der Waals surface area contributed by atoms with Crippen molar-refractivity contribution in [2.24, 2.45) is 0 Å². The molecule has 0 saturated heterocycles. The maximum atomic E-state index is 9.55. The molecule has 19 heavy (non-hydrogen) atoms. The van der Waals surface area contributed by atoms with E-state index in [-0.39, 0.29) is 12.0 Å². The Labute approximate surface area is 122 Å². The van der Waals surface area contributed by atoms with E-state index in [9.17, 15) is 5.26 Å². The molecule has 0 heterocycles. The SMILES string of the molecule is CC(C)N(C(C)C)C(C)C(C#N)c1ccccc1Cl. The van der Waals surface area contributed by atoms with Crippen molar-refractivity contribution in [1.29, 1.82) is 5.26 Å². The van der Waals surface area contributed by atoms with Crippen LogP contribution in [0.2, 0.25) is 5.02 Å². The molecule has 0 radical (unpaired) electrons. The summed E-state index contributed by atoms with van der Waals surface area (Å²) >= 11 is 6.24. The molecule has 0 aliphatic rings. The lowest BCUT2D eigenvalue weighted by Crippen LogP contribution is -2.46. The van der Waals surface area contributed by atoms with Crippen LogP contribution in [0.4, 0.5) is 0 Å². The highest BCUT2D eigenvalue weighted by Crippen LogP contribution is 2.30. The van der Waals surface area contributed by atoms with Gasteiger partial charge in [-0.2, -0.15) is 5.26 Å². The normalized spacial score (nSPS) is 14.7. The number of benzene rings is 1. The third-order valence-corrected chi connectivity index (χ3v) is 3.87. The molecule has 1 rings (SSSR count). The Bertz CT molecular complexity index is 440. The summed E-state index contributed by atoms with van der Waals surface area (Å²) in [6.07, 6.45) is 0. The van der Waals surface area contributed by atoms with Crippen molar-refractivity contribution in [2.45, 2.75) is 58.7 Å². The molecular formula is C16H23ClN2. The van der Waals surface area contributed by atoms with Gasteiger partial charge in [0.2, 0.25) is 0 Å². The van der Waals surface area contributed by atoms with E-state index in [4.69, 9.17) is 11.6 Å². The van der Waals surface area contributed by atoms with Gasteiger partial charge in [0.15, 0.2) is 0 Å². The van der Waals surface area contributed by atoms with Crippen molar-refractivity contribution < 1.29 is 0 Å². The van der Waals surface area contributed by atoms with E-state index in [2.05, 4.69) is 45.6 Å². The van der Waals surface area contributed by atoms with E-state index >= 15 is 0 Å². The molecule has 2 atom stereocenters. The number of rotatable bonds is 5. The van der Waals surface area contributed by atoms with E-state index in [1.807, 2.05) is 24.3 Å². The van der Waals surface area contributed by atoms with E-state index in [0.717, 1.165) is 5.56 Å². The monoisotopic (exact) mass is 278 g/mol. The van der Waals surface area contributed by atoms with Gasteiger partial charge in [-0.05, 0) is 46.2 Å². The Kier molecular flexibility index (Phi) is 5.85. The quantitative estimate of drug-likeness (QED) is 0.795. The first-order valence-electron chi connectivity index (χ1n) is 6.81. The van der Waals surface area contributed by atoms with Gasteiger partial charge in [-0.1, -0.05) is 29.8 Å². The van der Waals surface area contributed by atoms with E-state index in [0.29, 0.717) is 17.1 Å². The van der Waals surface area contributed by atoms with Gasteiger partial charge in [-0.25, -0.2) is 0 Å². The Balaban J connectivity index is 3.10. The van der Waals surface area contributed by atoms with Gasteiger partial charge in [0.25, 0.3) is 0 Å². The fraction of sp³-hybridized carbons (Fsp3) is 0.562. The van der Waals surface area contributed by atoms with Crippen LogP contribution in [0.3, 0.4) is 0 Å². The Hall–Kier alpha value is -1.04. The average molecular weight is 279 g/mol. The van der Waals surface area contributed by atoms with Crippen LogP contribution in [0.25, 0.3) is 0 Å². The van der Waals surface area contributed by atoms with Crippen molar-refractivity contribution in [2.75, 3.05) is 0 Å². The molecule has 0 N–H and O–H groups in total. The second-order valence-electron chi connectivity index (χ2n) is 5.50. The van der Waals surface area contributed by atoms with E-state index in [1.165, 1.54) is 0 Å². The lowest BCUT2D eigenvalue weighted by molar-refractivity contribution is 0.115. The van der Waals surface area contributed by atoms with Crippen LogP contribution in [0, 0.1) is 11.3 Å². The van der Waals surface area contributed by atoms with Gasteiger partial charge in [0.05, 0.1) is 12.0 Å². The summed E-state index contributed by atoms with van der Waals surface area (Å²) in [7, 11) is 0. The summed E-state index contributed by atoms with van der Waals surface area (Å²) in [6.45, 7) is 10.8. The first-order chi connectivity index (χ1) is 8.90. The second-order valence-corrected chi connectivity index (χ2v) is 5.91. The molecular weight excluding hydrogens is 256 g/mol. The summed E-state index contributed by atoms with van der Waals surface area (Å²) < 4.78 is 0. The molecule has 0 bridgehead atoms. The predicted molar refractivity (Wildman–Crippen MR) is 81.4 cm³/mol. The molecule has 0 fully saturated rings. The Morgan fingerprint density at radius 1 is 1.05 bits per heavy atom. The molecule has 0 aliphatic carbocycles. The highest BCUT2D eigenvalue weighted by molar-refractivity contribution is 6.31. The minimum atomic E-state index is -0.210. The smallest absolute Gasteiger partial charge is 0.0879 e. The van der Waals surface area contributed by atoms with Gasteiger partial charge in [0.1, 0.15) is 0 Å². The molecule has 104 valence electrons. The molecule has 0 aromatic heterocycles. The van der Waals surface area contributed by atoms with Crippen LogP contribution in [0.1, 0.15) is 46.1 Å². The molecule has 0 saturated carbocycles. The Morgan fingerprint density at radius 3 is 2.00 bits per heavy atom. The Morgan fingerprint density at radius 2 is 1.58 bits per heavy atom. The lowest BCUT2D eigenvalue weighted by Gasteiger charge is -2.38. The topological polar surface area (TPSA) is 27.0 Å². The molecule has 0 amide bonds. The van der Waals surface area contributed by atoms with Crippen molar-refractivity contribution in [3.63, 3.8) is 0 Å². The van der Waals surface area contributed by atoms with Gasteiger partial charge in [-0.3, -0.25) is 4.90 Å². The van der Waals surface area contributed by atoms with Crippen molar-refractivity contribution in [3.8, 4) is 6.07 Å². The predicted octanol–water partition coefficient (Wildman–Crippen LogP) is 4.45. The number of halogens is 1. The number of hydrogen-bond donors (Lipinski definition) is 0. The van der Waals surface area contributed by atoms with Crippen molar-refractivity contribution in [3.05, 3.63) is 34.9 Å². The van der Waals surface area contributed by atoms with Crippen LogP contribution >= 0.6 is 11.6 Å². The molecule has 2 nitrogen and oxygen atoms in total. The molecule has 3 heteroatoms. The summed E-state index contributed by atoms with van der Waals surface area (Å²) in [5, 5.41) is 10.2. The standard InChI is InChI=1S/C16H23ClN2/c1-11(2)19(12(3)4)13(5)15(10-18)14-8-6-7-9-16(14)17/h6-9,11-13,15H,1-5H3. The third kappa shape index (κ3) is 3.72. The van der Waals surface area contributed by atoms with Crippen LogP contribution in [-0.2, 0) is 0 Å². The highest BCUT2D eigenvalue weighted by Gasteiger charge is 2.29. The zero-order valence-corrected chi connectivity index (χ0v) is 13.1. The fourth-order valence-corrected chi connectivity index (χ4v) is 3.13. The third-order valence-electron chi connectivity index (χ3n) is 3.52. The summed E-state index contributed by atoms with van der Waals surface area (Å²) in [4.78, 5) is 2.36. The lowest BCUT2D eigenvalue weighted by atomic mass is 9.91. The molecule has 0 spiro atoms. The van der Waals surface area contributed by atoms with Crippen LogP contribution in [0.5, 0.6) is 0 Å². The maximum Gasteiger partial charge on any atom is 0.0879 e. The first kappa shape index (κ1) is 16.0. The van der Waals surface area contributed by atoms with E-state index < -0.39 is 0 Å². The molecule has 0 aliphatic heterocycles.